The normalized spacial score (nSPS) is 14.8. The molecule has 3 nitrogen and oxygen atoms in total. The minimum atomic E-state index is -0.939. The van der Waals surface area contributed by atoms with E-state index in [1.165, 1.54) is 0 Å². The maximum Gasteiger partial charge on any atom is 0.0486 e. The number of aliphatic hydroxyl groups is 1. The lowest BCUT2D eigenvalue weighted by Gasteiger charge is -2.09. The third-order valence-electron chi connectivity index (χ3n) is 2.07. The molecule has 0 spiro atoms. The summed E-state index contributed by atoms with van der Waals surface area (Å²) in [7, 11) is -0.939. The van der Waals surface area contributed by atoms with Crippen molar-refractivity contribution in [2.45, 2.75) is 18.2 Å². The number of hydrogen-bond acceptors (Lipinski definition) is 3. The van der Waals surface area contributed by atoms with Gasteiger partial charge in [-0.15, -0.1) is 0 Å². The average Bonchev–Trinajstić information content (AvgIpc) is 2.19. The highest BCUT2D eigenvalue weighted by atomic mass is 32.2. The van der Waals surface area contributed by atoms with Gasteiger partial charge in [0.15, 0.2) is 0 Å². The zero-order valence-corrected chi connectivity index (χ0v) is 9.45. The molecule has 0 heterocycles. The Morgan fingerprint density at radius 3 is 2.60 bits per heavy atom. The van der Waals surface area contributed by atoms with Crippen molar-refractivity contribution in [3.05, 3.63) is 35.9 Å². The molecule has 0 amide bonds. The zero-order chi connectivity index (χ0) is 11.1. The summed E-state index contributed by atoms with van der Waals surface area (Å²) in [6.07, 6.45) is 0.514. The van der Waals surface area contributed by atoms with Gasteiger partial charge < -0.3 is 10.8 Å². The number of benzene rings is 1. The van der Waals surface area contributed by atoms with Crippen LogP contribution in [0.25, 0.3) is 0 Å². The van der Waals surface area contributed by atoms with Crippen molar-refractivity contribution in [1.29, 1.82) is 0 Å². The fraction of sp³-hybridized carbons (Fsp3) is 0.455. The molecular weight excluding hydrogens is 210 g/mol. The van der Waals surface area contributed by atoms with E-state index in [-0.39, 0.29) is 12.6 Å². The minimum absolute atomic E-state index is 0.0592. The Kier molecular flexibility index (Phi) is 5.53. The Balaban J connectivity index is 2.36. The van der Waals surface area contributed by atoms with Crippen LogP contribution in [-0.2, 0) is 16.6 Å². The van der Waals surface area contributed by atoms with E-state index in [1.807, 2.05) is 30.3 Å². The molecule has 15 heavy (non-hydrogen) atoms. The van der Waals surface area contributed by atoms with E-state index in [9.17, 15) is 4.21 Å². The van der Waals surface area contributed by atoms with Crippen LogP contribution in [0.1, 0.15) is 12.0 Å². The molecule has 1 rings (SSSR count). The van der Waals surface area contributed by atoms with E-state index in [0.29, 0.717) is 17.9 Å². The standard InChI is InChI=1S/C11H17NO2S/c12-11(6-7-13)9-15(14)8-10-4-2-1-3-5-10/h1-5,11,13H,6-9,12H2. The van der Waals surface area contributed by atoms with Gasteiger partial charge in [-0.05, 0) is 12.0 Å². The summed E-state index contributed by atoms with van der Waals surface area (Å²) in [5, 5.41) is 8.66. The second kappa shape index (κ2) is 6.71. The van der Waals surface area contributed by atoms with E-state index in [4.69, 9.17) is 10.8 Å². The van der Waals surface area contributed by atoms with E-state index < -0.39 is 10.8 Å². The quantitative estimate of drug-likeness (QED) is 0.750. The summed E-state index contributed by atoms with van der Waals surface area (Å²) in [5.74, 6) is 0.995. The van der Waals surface area contributed by atoms with Gasteiger partial charge in [0.25, 0.3) is 0 Å². The minimum Gasteiger partial charge on any atom is -0.396 e. The topological polar surface area (TPSA) is 63.3 Å². The highest BCUT2D eigenvalue weighted by molar-refractivity contribution is 7.84. The lowest BCUT2D eigenvalue weighted by atomic mass is 10.2. The van der Waals surface area contributed by atoms with Gasteiger partial charge in [0.05, 0.1) is 0 Å². The van der Waals surface area contributed by atoms with E-state index >= 15 is 0 Å². The highest BCUT2D eigenvalue weighted by Gasteiger charge is 2.07. The van der Waals surface area contributed by atoms with Crippen molar-refractivity contribution in [3.63, 3.8) is 0 Å². The van der Waals surface area contributed by atoms with Crippen molar-refractivity contribution in [2.24, 2.45) is 5.73 Å². The molecule has 0 saturated carbocycles. The Morgan fingerprint density at radius 2 is 2.00 bits per heavy atom. The number of hydrogen-bond donors (Lipinski definition) is 2. The predicted molar refractivity (Wildman–Crippen MR) is 62.8 cm³/mol. The fourth-order valence-corrected chi connectivity index (χ4v) is 2.63. The molecule has 3 N–H and O–H groups in total. The van der Waals surface area contributed by atoms with Gasteiger partial charge in [-0.2, -0.15) is 0 Å². The second-order valence-corrected chi connectivity index (χ2v) is 5.01. The van der Waals surface area contributed by atoms with Gasteiger partial charge in [0.1, 0.15) is 0 Å². The van der Waals surface area contributed by atoms with Gasteiger partial charge in [0, 0.05) is 35.0 Å². The lowest BCUT2D eigenvalue weighted by Crippen LogP contribution is -2.28. The van der Waals surface area contributed by atoms with Gasteiger partial charge in [-0.1, -0.05) is 30.3 Å². The predicted octanol–water partition coefficient (Wildman–Crippen LogP) is 0.645. The number of nitrogens with two attached hydrogens (primary N) is 1. The van der Waals surface area contributed by atoms with Gasteiger partial charge >= 0.3 is 0 Å². The smallest absolute Gasteiger partial charge is 0.0486 e. The zero-order valence-electron chi connectivity index (χ0n) is 8.63. The van der Waals surface area contributed by atoms with E-state index in [2.05, 4.69) is 0 Å². The summed E-state index contributed by atoms with van der Waals surface area (Å²) in [6.45, 7) is 0.0592. The molecule has 0 radical (unpaired) electrons. The molecule has 4 heteroatoms. The van der Waals surface area contributed by atoms with Crippen LogP contribution in [0.4, 0.5) is 0 Å². The Morgan fingerprint density at radius 1 is 1.33 bits per heavy atom. The second-order valence-electron chi connectivity index (χ2n) is 3.51. The maximum absolute atomic E-state index is 11.6. The Hall–Kier alpha value is -0.710. The summed E-state index contributed by atoms with van der Waals surface area (Å²) >= 11 is 0. The third-order valence-corrected chi connectivity index (χ3v) is 3.53. The third kappa shape index (κ3) is 5.06. The molecule has 0 aliphatic rings. The molecule has 2 atom stereocenters. The van der Waals surface area contributed by atoms with Crippen LogP contribution < -0.4 is 5.73 Å². The lowest BCUT2D eigenvalue weighted by molar-refractivity contribution is 0.279. The first-order chi connectivity index (χ1) is 7.22. The monoisotopic (exact) mass is 227 g/mol. The van der Waals surface area contributed by atoms with E-state index in [0.717, 1.165) is 5.56 Å². The largest absolute Gasteiger partial charge is 0.396 e. The van der Waals surface area contributed by atoms with Crippen LogP contribution in [0.2, 0.25) is 0 Å². The van der Waals surface area contributed by atoms with Crippen LogP contribution >= 0.6 is 0 Å². The molecule has 0 fully saturated rings. The first-order valence-electron chi connectivity index (χ1n) is 4.97. The van der Waals surface area contributed by atoms with Crippen molar-refractivity contribution in [1.82, 2.24) is 0 Å². The molecule has 1 aromatic carbocycles. The first kappa shape index (κ1) is 12.4. The number of aliphatic hydroxyl groups excluding tert-OH is 1. The molecule has 0 bridgehead atoms. The van der Waals surface area contributed by atoms with Crippen LogP contribution in [0.15, 0.2) is 30.3 Å². The Bertz CT molecular complexity index is 303. The average molecular weight is 227 g/mol. The highest BCUT2D eigenvalue weighted by Crippen LogP contribution is 2.04. The molecule has 84 valence electrons. The molecule has 0 aliphatic carbocycles. The summed E-state index contributed by atoms with van der Waals surface area (Å²) in [4.78, 5) is 0. The SMILES string of the molecule is NC(CCO)CS(=O)Cc1ccccc1. The van der Waals surface area contributed by atoms with Crippen molar-refractivity contribution in [2.75, 3.05) is 12.4 Å². The van der Waals surface area contributed by atoms with Crippen molar-refractivity contribution in [3.8, 4) is 0 Å². The molecule has 0 aromatic heterocycles. The summed E-state index contributed by atoms with van der Waals surface area (Å²) < 4.78 is 11.6. The van der Waals surface area contributed by atoms with Crippen molar-refractivity contribution < 1.29 is 9.32 Å². The summed E-state index contributed by atoms with van der Waals surface area (Å²) in [6, 6.07) is 9.54. The molecule has 0 aliphatic heterocycles. The summed E-state index contributed by atoms with van der Waals surface area (Å²) in [5.41, 5.74) is 6.75. The van der Waals surface area contributed by atoms with Crippen LogP contribution in [-0.4, -0.2) is 27.7 Å². The van der Waals surface area contributed by atoms with Crippen molar-refractivity contribution >= 4 is 10.8 Å². The maximum atomic E-state index is 11.6. The number of rotatable bonds is 6. The van der Waals surface area contributed by atoms with Crippen LogP contribution in [0.3, 0.4) is 0 Å². The fourth-order valence-electron chi connectivity index (χ4n) is 1.31. The first-order valence-corrected chi connectivity index (χ1v) is 6.46. The van der Waals surface area contributed by atoms with Gasteiger partial charge in [0.2, 0.25) is 0 Å². The van der Waals surface area contributed by atoms with Crippen LogP contribution in [0, 0.1) is 0 Å². The van der Waals surface area contributed by atoms with Gasteiger partial charge in [-0.3, -0.25) is 4.21 Å². The molecular formula is C11H17NO2S. The van der Waals surface area contributed by atoms with Crippen LogP contribution in [0.5, 0.6) is 0 Å². The van der Waals surface area contributed by atoms with Gasteiger partial charge in [-0.25, -0.2) is 0 Å². The molecule has 0 saturated heterocycles. The molecule has 1 aromatic rings. The van der Waals surface area contributed by atoms with E-state index in [1.54, 1.807) is 0 Å². The Labute approximate surface area is 92.8 Å². The molecule has 2 unspecified atom stereocenters.